The third kappa shape index (κ3) is 3.82. The first-order valence-corrected chi connectivity index (χ1v) is 6.86. The number of likely N-dealkylation sites (N-methyl/N-ethyl adjacent to an activating group) is 1. The van der Waals surface area contributed by atoms with Crippen LogP contribution in [0.4, 0.5) is 0 Å². The van der Waals surface area contributed by atoms with Crippen molar-refractivity contribution in [3.05, 3.63) is 34.4 Å². The molecule has 0 aromatic heterocycles. The van der Waals surface area contributed by atoms with Crippen LogP contribution >= 0.6 is 0 Å². The fraction of sp³-hybridized carbons (Fsp3) is 0.625. The molecule has 0 heterocycles. The summed E-state index contributed by atoms with van der Waals surface area (Å²) in [7, 11) is 2.00. The minimum absolute atomic E-state index is 0.277. The Bertz CT molecular complexity index is 364. The van der Waals surface area contributed by atoms with Gasteiger partial charge in [0, 0.05) is 0 Å². The van der Waals surface area contributed by atoms with Gasteiger partial charge < -0.3 is 10.1 Å². The lowest BCUT2D eigenvalue weighted by Crippen LogP contribution is -2.25. The molecule has 2 unspecified atom stereocenters. The fourth-order valence-corrected chi connectivity index (χ4v) is 2.43. The molecule has 1 N–H and O–H groups in total. The molecule has 0 aliphatic rings. The first kappa shape index (κ1) is 15.2. The van der Waals surface area contributed by atoms with Gasteiger partial charge in [0.15, 0.2) is 0 Å². The van der Waals surface area contributed by atoms with Gasteiger partial charge in [0.1, 0.15) is 0 Å². The van der Waals surface area contributed by atoms with E-state index < -0.39 is 0 Å². The summed E-state index contributed by atoms with van der Waals surface area (Å²) < 4.78 is 5.88. The Morgan fingerprint density at radius 3 is 2.17 bits per heavy atom. The van der Waals surface area contributed by atoms with Crippen molar-refractivity contribution in [2.24, 2.45) is 0 Å². The SMILES string of the molecule is CCC(C)OCC(NC)c1c(C)cc(C)cc1C. The summed E-state index contributed by atoms with van der Waals surface area (Å²) in [6, 6.07) is 4.77. The normalized spacial score (nSPS) is 14.6. The van der Waals surface area contributed by atoms with Crippen molar-refractivity contribution in [2.75, 3.05) is 13.7 Å². The summed E-state index contributed by atoms with van der Waals surface area (Å²) in [4.78, 5) is 0. The van der Waals surface area contributed by atoms with Crippen LogP contribution < -0.4 is 5.32 Å². The van der Waals surface area contributed by atoms with Crippen LogP contribution in [0.15, 0.2) is 12.1 Å². The Morgan fingerprint density at radius 1 is 1.17 bits per heavy atom. The van der Waals surface area contributed by atoms with E-state index in [2.05, 4.69) is 52.1 Å². The number of aryl methyl sites for hydroxylation is 3. The van der Waals surface area contributed by atoms with E-state index >= 15 is 0 Å². The third-order valence-electron chi connectivity index (χ3n) is 3.56. The van der Waals surface area contributed by atoms with Gasteiger partial charge in [-0.15, -0.1) is 0 Å². The van der Waals surface area contributed by atoms with Gasteiger partial charge in [-0.3, -0.25) is 0 Å². The highest BCUT2D eigenvalue weighted by atomic mass is 16.5. The van der Waals surface area contributed by atoms with Crippen molar-refractivity contribution in [3.63, 3.8) is 0 Å². The van der Waals surface area contributed by atoms with E-state index in [1.54, 1.807) is 0 Å². The summed E-state index contributed by atoms with van der Waals surface area (Å²) >= 11 is 0. The second kappa shape index (κ2) is 6.91. The highest BCUT2D eigenvalue weighted by Gasteiger charge is 2.16. The Hall–Kier alpha value is -0.860. The summed E-state index contributed by atoms with van der Waals surface area (Å²) in [5.74, 6) is 0. The summed E-state index contributed by atoms with van der Waals surface area (Å²) in [5, 5.41) is 3.37. The van der Waals surface area contributed by atoms with Gasteiger partial charge in [-0.1, -0.05) is 24.6 Å². The molecule has 0 fully saturated rings. The lowest BCUT2D eigenvalue weighted by molar-refractivity contribution is 0.0485. The van der Waals surface area contributed by atoms with E-state index in [1.807, 2.05) is 7.05 Å². The number of ether oxygens (including phenoxy) is 1. The second-order valence-corrected chi connectivity index (χ2v) is 5.21. The highest BCUT2D eigenvalue weighted by molar-refractivity contribution is 5.39. The summed E-state index contributed by atoms with van der Waals surface area (Å²) in [6.45, 7) is 11.5. The minimum atomic E-state index is 0.277. The third-order valence-corrected chi connectivity index (χ3v) is 3.56. The maximum Gasteiger partial charge on any atom is 0.0665 e. The van der Waals surface area contributed by atoms with E-state index in [0.29, 0.717) is 6.10 Å². The Morgan fingerprint density at radius 2 is 1.72 bits per heavy atom. The number of hydrogen-bond donors (Lipinski definition) is 1. The van der Waals surface area contributed by atoms with Gasteiger partial charge in [0.25, 0.3) is 0 Å². The largest absolute Gasteiger partial charge is 0.377 e. The van der Waals surface area contributed by atoms with Crippen LogP contribution in [0.3, 0.4) is 0 Å². The monoisotopic (exact) mass is 249 g/mol. The molecule has 2 heteroatoms. The Labute approximate surface area is 112 Å². The zero-order valence-electron chi connectivity index (χ0n) is 12.6. The fourth-order valence-electron chi connectivity index (χ4n) is 2.43. The lowest BCUT2D eigenvalue weighted by Gasteiger charge is -2.23. The second-order valence-electron chi connectivity index (χ2n) is 5.21. The molecule has 0 amide bonds. The molecule has 2 nitrogen and oxygen atoms in total. The predicted molar refractivity (Wildman–Crippen MR) is 78.2 cm³/mol. The van der Waals surface area contributed by atoms with Crippen molar-refractivity contribution in [2.45, 2.75) is 53.2 Å². The Kier molecular flexibility index (Phi) is 5.83. The first-order chi connectivity index (χ1) is 8.49. The molecule has 2 atom stereocenters. The van der Waals surface area contributed by atoms with Gasteiger partial charge in [-0.25, -0.2) is 0 Å². The van der Waals surface area contributed by atoms with E-state index in [0.717, 1.165) is 13.0 Å². The first-order valence-electron chi connectivity index (χ1n) is 6.86. The maximum atomic E-state index is 5.88. The molecule has 0 radical (unpaired) electrons. The van der Waals surface area contributed by atoms with Crippen LogP contribution in [0.25, 0.3) is 0 Å². The van der Waals surface area contributed by atoms with Crippen molar-refractivity contribution < 1.29 is 4.74 Å². The van der Waals surface area contributed by atoms with Crippen LogP contribution in [0.5, 0.6) is 0 Å². The number of rotatable bonds is 6. The van der Waals surface area contributed by atoms with Gasteiger partial charge in [-0.2, -0.15) is 0 Å². The van der Waals surface area contributed by atoms with Crippen LogP contribution in [-0.2, 0) is 4.74 Å². The molecule has 102 valence electrons. The highest BCUT2D eigenvalue weighted by Crippen LogP contribution is 2.24. The molecule has 0 aliphatic carbocycles. The lowest BCUT2D eigenvalue weighted by atomic mass is 9.94. The van der Waals surface area contributed by atoms with Crippen molar-refractivity contribution in [1.82, 2.24) is 5.32 Å². The molecule has 0 saturated heterocycles. The van der Waals surface area contributed by atoms with E-state index in [9.17, 15) is 0 Å². The quantitative estimate of drug-likeness (QED) is 0.830. The van der Waals surface area contributed by atoms with Crippen LogP contribution in [0.1, 0.15) is 48.6 Å². The molecule has 0 aliphatic heterocycles. The van der Waals surface area contributed by atoms with Gasteiger partial charge in [0.2, 0.25) is 0 Å². The molecule has 0 bridgehead atoms. The molecule has 18 heavy (non-hydrogen) atoms. The zero-order valence-corrected chi connectivity index (χ0v) is 12.6. The number of nitrogens with one attached hydrogen (secondary N) is 1. The van der Waals surface area contributed by atoms with Gasteiger partial charge >= 0.3 is 0 Å². The molecule has 1 aromatic rings. The number of hydrogen-bond acceptors (Lipinski definition) is 2. The maximum absolute atomic E-state index is 5.88. The molecule has 0 spiro atoms. The van der Waals surface area contributed by atoms with Crippen LogP contribution in [0, 0.1) is 20.8 Å². The average Bonchev–Trinajstić information content (AvgIpc) is 2.31. The number of benzene rings is 1. The molecule has 1 rings (SSSR count). The van der Waals surface area contributed by atoms with Crippen molar-refractivity contribution in [1.29, 1.82) is 0 Å². The average molecular weight is 249 g/mol. The van der Waals surface area contributed by atoms with Crippen LogP contribution in [-0.4, -0.2) is 19.8 Å². The molecular weight excluding hydrogens is 222 g/mol. The van der Waals surface area contributed by atoms with E-state index in [4.69, 9.17) is 4.74 Å². The van der Waals surface area contributed by atoms with Crippen LogP contribution in [0.2, 0.25) is 0 Å². The van der Waals surface area contributed by atoms with Gasteiger partial charge in [0.05, 0.1) is 18.8 Å². The smallest absolute Gasteiger partial charge is 0.0665 e. The van der Waals surface area contributed by atoms with Gasteiger partial charge in [-0.05, 0) is 57.9 Å². The zero-order chi connectivity index (χ0) is 13.7. The Balaban J connectivity index is 2.88. The molecule has 1 aromatic carbocycles. The van der Waals surface area contributed by atoms with E-state index in [1.165, 1.54) is 22.3 Å². The van der Waals surface area contributed by atoms with E-state index in [-0.39, 0.29) is 6.04 Å². The topological polar surface area (TPSA) is 21.3 Å². The summed E-state index contributed by atoms with van der Waals surface area (Å²) in [6.07, 6.45) is 1.38. The molecule has 0 saturated carbocycles. The standard InChI is InChI=1S/C16H27NO/c1-7-14(5)18-10-15(17-6)16-12(3)8-11(2)9-13(16)4/h8-9,14-15,17H,7,10H2,1-6H3. The predicted octanol–water partition coefficient (Wildman–Crippen LogP) is 3.69. The summed E-state index contributed by atoms with van der Waals surface area (Å²) in [5.41, 5.74) is 5.40. The van der Waals surface area contributed by atoms with Crippen molar-refractivity contribution >= 4 is 0 Å². The minimum Gasteiger partial charge on any atom is -0.377 e. The van der Waals surface area contributed by atoms with Crippen molar-refractivity contribution in [3.8, 4) is 0 Å². The molecular formula is C16H27NO.